The summed E-state index contributed by atoms with van der Waals surface area (Å²) in [6.45, 7) is -11.8. The zero-order valence-electron chi connectivity index (χ0n) is 74.6. The van der Waals surface area contributed by atoms with Crippen LogP contribution in [-0.4, -0.2) is 158 Å². The number of hydrogen-bond acceptors (Lipinski definition) is 25. The van der Waals surface area contributed by atoms with Gasteiger partial charge in [0.25, 0.3) is 5.91 Å². The van der Waals surface area contributed by atoms with E-state index in [2.05, 4.69) is 41.5 Å². The summed E-state index contributed by atoms with van der Waals surface area (Å²) in [4.78, 5) is 129. The van der Waals surface area contributed by atoms with Crippen LogP contribution in [0.2, 0.25) is 0 Å². The molecule has 4 fully saturated rings. The van der Waals surface area contributed by atoms with E-state index in [1.54, 1.807) is 73.8 Å². The maximum atomic E-state index is 13.4. The standard InChI is InChI=1S/C24H25F2N3O4.C22H24F2O5.C22H20F2O5.C22H18F2O5.C7H5IO4.C2H7N3/c1-29-21(31)24(28-23(29)27,17-6-8-19(9-7-17)33-22(25)26)18-5-3-4-15(13-18)16-10-14(11-16)12-20(30)32-2;3*1-28-19(25)11-13-9-17(10-13)15-3-2-4-16(12-15)21(27)20(26)14-5-7-18(8-6-14)29-22(23)24;9-7-5-3-1-2-4-6(5)8(10,11)12-7;1-5-2(3)4/h3-9,13-14,16,22H,10-12H2,1-2H3,(H2,27,28);2-8,12-13,17,20-22,26-27H,9-11H2,1H3;2-8,12-13,17,22H,9-11H2,1H3;2-8,11-12,17,22H,9-10H2,1H3;1-4H,(H,10,11);1H3,(H4,3,4,5). The second-order valence-electron chi connectivity index (χ2n) is 32.3. The first-order valence-corrected chi connectivity index (χ1v) is 46.3. The van der Waals surface area contributed by atoms with Gasteiger partial charge in [-0.15, -0.1) is 0 Å². The number of carbonyl (C=O) groups is 10. The number of guanidine groups is 2. The van der Waals surface area contributed by atoms with Gasteiger partial charge in [0.05, 0.1) is 28.4 Å². The summed E-state index contributed by atoms with van der Waals surface area (Å²) < 4.78 is 159. The summed E-state index contributed by atoms with van der Waals surface area (Å²) in [6.07, 6.45) is 6.78. The van der Waals surface area contributed by atoms with Crippen LogP contribution in [0.1, 0.15) is 203 Å². The van der Waals surface area contributed by atoms with Crippen molar-refractivity contribution in [3.8, 4) is 23.0 Å². The molecular weight excluding hydrogens is 1920 g/mol. The van der Waals surface area contributed by atoms with Crippen LogP contribution in [0.15, 0.2) is 240 Å². The van der Waals surface area contributed by atoms with E-state index < -0.39 is 98.5 Å². The third-order valence-electron chi connectivity index (χ3n) is 23.4. The van der Waals surface area contributed by atoms with Crippen molar-refractivity contribution in [1.29, 1.82) is 0 Å². The van der Waals surface area contributed by atoms with Crippen molar-refractivity contribution < 1.29 is 141 Å². The number of nitrogens with zero attached hydrogens (tertiary/aromatic N) is 3. The first-order valence-electron chi connectivity index (χ1n) is 42.5. The number of aliphatic hydroxyl groups excluding tert-OH is 2. The van der Waals surface area contributed by atoms with Crippen LogP contribution in [0.5, 0.6) is 23.0 Å². The molecule has 1 amide bonds. The number of nitrogens with two attached hydrogens (primary N) is 3. The van der Waals surface area contributed by atoms with Crippen LogP contribution in [0.4, 0.5) is 35.1 Å². The number of esters is 4. The molecule has 9 N–H and O–H groups in total. The molecule has 6 aliphatic rings. The van der Waals surface area contributed by atoms with E-state index >= 15 is 0 Å². The molecule has 4 unspecified atom stereocenters. The molecule has 15 rings (SSSR count). The average Bonchev–Trinajstić information content (AvgIpc) is 1.59. The minimum absolute atomic E-state index is 0.0143. The topological polar surface area (TPSA) is 438 Å². The van der Waals surface area contributed by atoms with Crippen molar-refractivity contribution in [2.75, 3.05) is 42.5 Å². The summed E-state index contributed by atoms with van der Waals surface area (Å²) in [6, 6.07) is 56.3. The number of alkyl halides is 8. The summed E-state index contributed by atoms with van der Waals surface area (Å²) in [5.74, 6) is -3.06. The molecule has 2 aliphatic heterocycles. The fourth-order valence-corrected chi connectivity index (χ4v) is 18.7. The summed E-state index contributed by atoms with van der Waals surface area (Å²) in [5, 5.41) is 21.1. The molecule has 38 heteroatoms. The van der Waals surface area contributed by atoms with Crippen LogP contribution in [0.3, 0.4) is 0 Å². The van der Waals surface area contributed by atoms with Gasteiger partial charge < -0.3 is 65.3 Å². The molecule has 0 saturated heterocycles. The molecule has 9 aromatic carbocycles. The zero-order valence-corrected chi connectivity index (χ0v) is 76.8. The zero-order chi connectivity index (χ0) is 99.7. The van der Waals surface area contributed by atoms with Gasteiger partial charge >= 0.3 is 123 Å². The summed E-state index contributed by atoms with van der Waals surface area (Å²) in [5.41, 5.74) is 22.2. The Hall–Kier alpha value is -14.0. The van der Waals surface area contributed by atoms with Crippen molar-refractivity contribution in [3.63, 3.8) is 0 Å². The Morgan fingerprint density at radius 3 is 1.23 bits per heavy atom. The second kappa shape index (κ2) is 48.5. The number of allylic oxidation sites excluding steroid dienone is 1. The molecule has 4 aliphatic carbocycles. The van der Waals surface area contributed by atoms with Gasteiger partial charge in [-0.3, -0.25) is 48.2 Å². The minimum atomic E-state index is -4.54. The number of aliphatic imine (C=N–C) groups is 2. The number of halogens is 9. The van der Waals surface area contributed by atoms with Gasteiger partial charge in [0.2, 0.25) is 23.1 Å². The monoisotopic (exact) mass is 2020 g/mol. The second-order valence-corrected chi connectivity index (χ2v) is 36.4. The first-order chi connectivity index (χ1) is 65.2. The van der Waals surface area contributed by atoms with Crippen LogP contribution in [0, 0.1) is 21.3 Å². The molecule has 0 aromatic heterocycles. The summed E-state index contributed by atoms with van der Waals surface area (Å²) >= 11 is -4.54. The number of ether oxygens (including phenoxy) is 8. The Kier molecular flexibility index (Phi) is 37.2. The Bertz CT molecular complexity index is 5930. The van der Waals surface area contributed by atoms with E-state index in [0.29, 0.717) is 66.2 Å². The number of fused-ring (bicyclic) bond motifs is 1. The van der Waals surface area contributed by atoms with Crippen LogP contribution in [0.25, 0.3) is 0 Å². The molecule has 726 valence electrons. The van der Waals surface area contributed by atoms with Crippen molar-refractivity contribution in [3.05, 3.63) is 306 Å². The first kappa shape index (κ1) is 105. The van der Waals surface area contributed by atoms with Gasteiger partial charge in [-0.1, -0.05) is 115 Å². The van der Waals surface area contributed by atoms with Gasteiger partial charge in [0.15, 0.2) is 17.5 Å². The number of hydrogen-bond donors (Lipinski definition) is 6. The summed E-state index contributed by atoms with van der Waals surface area (Å²) in [7, 11) is 8.54. The van der Waals surface area contributed by atoms with Crippen LogP contribution in [-0.2, 0) is 54.6 Å². The fourth-order valence-electron chi connectivity index (χ4n) is 15.9. The van der Waals surface area contributed by atoms with E-state index in [0.717, 1.165) is 66.4 Å². The Morgan fingerprint density at radius 1 is 0.474 bits per heavy atom. The Labute approximate surface area is 786 Å². The van der Waals surface area contributed by atoms with Gasteiger partial charge in [-0.05, 0) is 222 Å². The number of methoxy groups -OCH3 is 4. The number of Topliss-reactive ketones (excluding diaryl/α,β-unsaturated/α-hetero) is 4. The molecule has 0 bridgehead atoms. The number of amides is 1. The van der Waals surface area contributed by atoms with E-state index in [1.165, 1.54) is 144 Å². The molecule has 9 aromatic rings. The number of aliphatic hydroxyl groups is 2. The molecular formula is C99H99F8IN6O23. The third kappa shape index (κ3) is 28.3. The Morgan fingerprint density at radius 2 is 0.839 bits per heavy atom. The van der Waals surface area contributed by atoms with Crippen molar-refractivity contribution in [1.82, 2.24) is 4.90 Å². The van der Waals surface area contributed by atoms with Gasteiger partial charge in [-0.25, -0.2) is 9.79 Å². The predicted octanol–water partition coefficient (Wildman–Crippen LogP) is 16.4. The SMILES string of the molecule is CN=C(N)N.COC(=O)C=C1CC(c2cccc(C(=O)C(=O)c3ccc(OC(F)F)cc3)c2)C1.COC(=O)CC1CC(c2cccc(C(=O)C(=O)c3ccc(OC(F)F)cc3)c2)C1.COC(=O)CC1CC(c2cccc(C(O)C(O)c3ccc(OC(F)F)cc3)c2)C1.COC(=O)CC1CC(c2cccc(C3(c4ccc(OC(F)F)cc4)N=C(N)N(C)C3=O)c2)C1.O=C1OI(=O)(O)c2ccccc21. The molecule has 2 heterocycles. The van der Waals surface area contributed by atoms with Crippen LogP contribution < -0.4 is 36.1 Å². The quantitative estimate of drug-likeness (QED) is 0.00280. The van der Waals surface area contributed by atoms with Crippen LogP contribution >= 0.6 is 19.3 Å². The molecule has 4 saturated carbocycles. The number of ketones is 4. The van der Waals surface area contributed by atoms with E-state index in [-0.39, 0.29) is 120 Å². The normalized spacial score (nSPS) is 20.4. The van der Waals surface area contributed by atoms with Gasteiger partial charge in [-0.2, -0.15) is 35.1 Å². The van der Waals surface area contributed by atoms with Gasteiger partial charge in [0, 0.05) is 61.7 Å². The fraction of sp³-hybridized carbons (Fsp3) is 0.313. The molecule has 29 nitrogen and oxygen atoms in total. The number of rotatable bonds is 30. The third-order valence-corrected chi connectivity index (χ3v) is 26.8. The van der Waals surface area contributed by atoms with E-state index in [9.17, 15) is 99.8 Å². The van der Waals surface area contributed by atoms with E-state index in [4.69, 9.17) is 26.7 Å². The average molecular weight is 2020 g/mol. The van der Waals surface area contributed by atoms with Crippen molar-refractivity contribution in [2.24, 2.45) is 44.9 Å². The number of likely N-dealkylation sites (N-methyl/N-ethyl adjacent to an activating group) is 1. The Balaban J connectivity index is 0.000000178. The predicted molar refractivity (Wildman–Crippen MR) is 488 cm³/mol. The molecule has 137 heavy (non-hydrogen) atoms. The molecule has 0 spiro atoms. The van der Waals surface area contributed by atoms with Gasteiger partial charge in [0.1, 0.15) is 35.2 Å². The van der Waals surface area contributed by atoms with Crippen molar-refractivity contribution in [2.45, 2.75) is 138 Å². The molecule has 4 atom stereocenters. The van der Waals surface area contributed by atoms with E-state index in [1.807, 2.05) is 54.6 Å². The number of benzene rings is 9. The maximum absolute atomic E-state index is 13.4. The molecule has 0 radical (unpaired) electrons. The van der Waals surface area contributed by atoms with Crippen molar-refractivity contribution >= 4 is 90.1 Å². The number of carbonyl (C=O) groups excluding carboxylic acids is 10.